The molecule has 0 aliphatic heterocycles. The van der Waals surface area contributed by atoms with Crippen LogP contribution in [0.5, 0.6) is 0 Å². The van der Waals surface area contributed by atoms with Gasteiger partial charge in [0.15, 0.2) is 7.29 Å². The van der Waals surface area contributed by atoms with Crippen molar-refractivity contribution in [3.63, 3.8) is 0 Å². The van der Waals surface area contributed by atoms with Gasteiger partial charge in [0.05, 0.1) is 6.04 Å². The van der Waals surface area contributed by atoms with Crippen molar-refractivity contribution in [2.75, 3.05) is 12.3 Å². The summed E-state index contributed by atoms with van der Waals surface area (Å²) in [7, 11) is -2.87. The Kier molecular flexibility index (Phi) is 13.2. The molecule has 5 nitrogen and oxygen atoms in total. The van der Waals surface area contributed by atoms with E-state index >= 15 is 0 Å². The van der Waals surface area contributed by atoms with Crippen molar-refractivity contribution < 1.29 is 14.2 Å². The molecular weight excluding hydrogens is 383 g/mol. The fourth-order valence-corrected chi connectivity index (χ4v) is 8.74. The van der Waals surface area contributed by atoms with Crippen LogP contribution >= 0.6 is 7.29 Å². The van der Waals surface area contributed by atoms with Crippen molar-refractivity contribution >= 4 is 13.4 Å². The highest BCUT2D eigenvalue weighted by Gasteiger charge is 2.41. The highest BCUT2D eigenvalue weighted by atomic mass is 31.2. The second kappa shape index (κ2) is 14.5. The van der Waals surface area contributed by atoms with Crippen LogP contribution in [0.25, 0.3) is 0 Å². The van der Waals surface area contributed by atoms with Crippen LogP contribution in [-0.4, -0.2) is 29.3 Å². The van der Waals surface area contributed by atoms with E-state index in [0.717, 1.165) is 77.0 Å². The van der Waals surface area contributed by atoms with E-state index < -0.39 is 13.4 Å². The van der Waals surface area contributed by atoms with Crippen LogP contribution in [0.15, 0.2) is 0 Å². The van der Waals surface area contributed by atoms with Gasteiger partial charge in [-0.15, -0.1) is 0 Å². The summed E-state index contributed by atoms with van der Waals surface area (Å²) in [6.07, 6.45) is 14.6. The van der Waals surface area contributed by atoms with Gasteiger partial charge in [-0.25, -0.2) is 4.79 Å². The van der Waals surface area contributed by atoms with Gasteiger partial charge in [0.25, 0.3) is 0 Å². The fourth-order valence-electron chi connectivity index (χ4n) is 4.72. The van der Waals surface area contributed by atoms with Gasteiger partial charge in [-0.05, 0) is 37.5 Å². The largest absolute Gasteiger partial charge is 0.424 e. The van der Waals surface area contributed by atoms with Crippen LogP contribution in [0.2, 0.25) is 0 Å². The molecule has 2 N–H and O–H groups in total. The van der Waals surface area contributed by atoms with Crippen LogP contribution in [0.1, 0.15) is 111 Å². The maximum Gasteiger partial charge on any atom is 0.424 e. The van der Waals surface area contributed by atoms with Gasteiger partial charge in [-0.2, -0.15) is 0 Å². The molecule has 0 aromatic carbocycles. The van der Waals surface area contributed by atoms with Gasteiger partial charge in [0.1, 0.15) is 0 Å². The molecule has 0 aromatic rings. The zero-order chi connectivity index (χ0) is 21.7. The van der Waals surface area contributed by atoms with Gasteiger partial charge in [0.2, 0.25) is 0 Å². The van der Waals surface area contributed by atoms with Crippen LogP contribution in [0.3, 0.4) is 0 Å². The molecule has 0 aromatic heterocycles. The molecule has 0 radical (unpaired) electrons. The smallest absolute Gasteiger partial charge is 0.344 e. The normalized spacial score (nSPS) is 19.6. The van der Waals surface area contributed by atoms with E-state index in [2.05, 4.69) is 27.7 Å². The van der Waals surface area contributed by atoms with E-state index in [0.29, 0.717) is 24.2 Å². The highest BCUT2D eigenvalue weighted by molar-refractivity contribution is 7.61. The number of hydrogen-bond acceptors (Lipinski definition) is 3. The van der Waals surface area contributed by atoms with E-state index in [4.69, 9.17) is 10.6 Å². The summed E-state index contributed by atoms with van der Waals surface area (Å²) >= 11 is 0. The van der Waals surface area contributed by atoms with Gasteiger partial charge >= 0.3 is 6.09 Å². The zero-order valence-electron chi connectivity index (χ0n) is 19.5. The molecule has 1 aliphatic carbocycles. The van der Waals surface area contributed by atoms with E-state index in [-0.39, 0.29) is 6.04 Å². The Bertz CT molecular complexity index is 473. The van der Waals surface area contributed by atoms with Crippen LogP contribution < -0.4 is 5.73 Å². The minimum atomic E-state index is -2.87. The number of amides is 1. The first-order valence-electron chi connectivity index (χ1n) is 12.2. The van der Waals surface area contributed by atoms with Gasteiger partial charge in [-0.1, -0.05) is 90.3 Å². The van der Waals surface area contributed by atoms with Gasteiger partial charge in [-0.3, -0.25) is 0 Å². The molecule has 1 saturated carbocycles. The minimum Gasteiger partial charge on any atom is -0.344 e. The summed E-state index contributed by atoms with van der Waals surface area (Å²) in [5.41, 5.74) is 5.46. The lowest BCUT2D eigenvalue weighted by molar-refractivity contribution is -0.0609. The number of carbonyl (C=O) groups excluding carboxylic acids is 1. The first-order chi connectivity index (χ1) is 13.9. The molecule has 1 aliphatic rings. The summed E-state index contributed by atoms with van der Waals surface area (Å²) in [6.45, 7) is 8.79. The third-order valence-electron chi connectivity index (χ3n) is 6.60. The Labute approximate surface area is 179 Å². The Morgan fingerprint density at radius 3 is 1.83 bits per heavy atom. The fraction of sp³-hybridized carbons (Fsp3) is 0.957. The predicted octanol–water partition coefficient (Wildman–Crippen LogP) is 7.34. The number of hydrogen-bond donors (Lipinski definition) is 1. The SMILES string of the molecule is CCCCC(CC)CP(=O)(CC(CC)CCCC)N(OC(N)=O)C1CCCCC1. The molecule has 0 bridgehead atoms. The number of nitrogens with zero attached hydrogens (tertiary/aromatic N) is 1. The quantitative estimate of drug-likeness (QED) is 0.218. The predicted molar refractivity (Wildman–Crippen MR) is 123 cm³/mol. The number of carbonyl (C=O) groups is 1. The third kappa shape index (κ3) is 9.42. The number of primary amides is 1. The molecule has 0 heterocycles. The van der Waals surface area contributed by atoms with Crippen molar-refractivity contribution in [3.05, 3.63) is 0 Å². The molecule has 29 heavy (non-hydrogen) atoms. The van der Waals surface area contributed by atoms with Crippen molar-refractivity contribution in [3.8, 4) is 0 Å². The second-order valence-corrected chi connectivity index (χ2v) is 11.9. The van der Waals surface area contributed by atoms with Crippen molar-refractivity contribution in [2.45, 2.75) is 117 Å². The zero-order valence-corrected chi connectivity index (χ0v) is 20.4. The molecule has 2 atom stereocenters. The van der Waals surface area contributed by atoms with E-state index in [9.17, 15) is 9.36 Å². The maximum atomic E-state index is 14.6. The molecule has 1 fully saturated rings. The molecule has 0 spiro atoms. The number of rotatable bonds is 15. The number of unbranched alkanes of at least 4 members (excludes halogenated alkanes) is 2. The monoisotopic (exact) mass is 430 g/mol. The molecule has 1 rings (SSSR count). The first-order valence-corrected chi connectivity index (χ1v) is 14.3. The van der Waals surface area contributed by atoms with Crippen LogP contribution in [0, 0.1) is 11.8 Å². The lowest BCUT2D eigenvalue weighted by Crippen LogP contribution is -2.40. The Morgan fingerprint density at radius 2 is 1.45 bits per heavy atom. The summed E-state index contributed by atoms with van der Waals surface area (Å²) in [5, 5.41) is 0. The second-order valence-electron chi connectivity index (χ2n) is 9.05. The Morgan fingerprint density at radius 1 is 0.966 bits per heavy atom. The number of nitrogens with two attached hydrogens (primary N) is 1. The third-order valence-corrected chi connectivity index (χ3v) is 9.90. The molecule has 1 amide bonds. The van der Waals surface area contributed by atoms with E-state index in [1.165, 1.54) is 6.42 Å². The lowest BCUT2D eigenvalue weighted by Gasteiger charge is -2.39. The summed E-state index contributed by atoms with van der Waals surface area (Å²) < 4.78 is 14.6. The standard InChI is InChI=1S/C23H47N2O3P/c1-5-9-14-20(7-3)18-29(27,19-21(8-4)15-10-6-2)25(28-23(24)26)22-16-12-11-13-17-22/h20-22H,5-19H2,1-4H3,(H2,24,26). The van der Waals surface area contributed by atoms with Gasteiger partial charge < -0.3 is 15.1 Å². The molecule has 6 heteroatoms. The lowest BCUT2D eigenvalue weighted by atomic mass is 9.96. The summed E-state index contributed by atoms with van der Waals surface area (Å²) in [6, 6.07) is 0.0504. The average molecular weight is 431 g/mol. The summed E-state index contributed by atoms with van der Waals surface area (Å²) in [5.74, 6) is 0.819. The van der Waals surface area contributed by atoms with E-state index in [1.54, 1.807) is 4.83 Å². The maximum absolute atomic E-state index is 14.6. The van der Waals surface area contributed by atoms with Crippen molar-refractivity contribution in [1.82, 2.24) is 4.83 Å². The molecular formula is C23H47N2O3P. The highest BCUT2D eigenvalue weighted by Crippen LogP contribution is 2.57. The van der Waals surface area contributed by atoms with Crippen molar-refractivity contribution in [2.24, 2.45) is 17.6 Å². The topological polar surface area (TPSA) is 72.6 Å². The molecule has 2 unspecified atom stereocenters. The first kappa shape index (κ1) is 26.5. The Hall–Kier alpha value is -0.540. The van der Waals surface area contributed by atoms with Crippen LogP contribution in [-0.2, 0) is 9.40 Å². The van der Waals surface area contributed by atoms with Crippen LogP contribution in [0.4, 0.5) is 4.79 Å². The summed E-state index contributed by atoms with van der Waals surface area (Å²) in [4.78, 5) is 19.0. The molecule has 0 saturated heterocycles. The molecule has 172 valence electrons. The Balaban J connectivity index is 3.16. The van der Waals surface area contributed by atoms with Gasteiger partial charge in [0, 0.05) is 12.3 Å². The number of hydroxylamine groups is 1. The minimum absolute atomic E-state index is 0.0504. The van der Waals surface area contributed by atoms with Crippen molar-refractivity contribution in [1.29, 1.82) is 0 Å². The average Bonchev–Trinajstić information content (AvgIpc) is 2.72. The van der Waals surface area contributed by atoms with E-state index in [1.807, 2.05) is 0 Å².